The summed E-state index contributed by atoms with van der Waals surface area (Å²) in [6.07, 6.45) is 0. The number of phenols is 1. The number of benzene rings is 8. The van der Waals surface area contributed by atoms with Gasteiger partial charge in [0.25, 0.3) is 70.8 Å². The van der Waals surface area contributed by atoms with Gasteiger partial charge in [0.1, 0.15) is 68.5 Å². The number of nitrogens with zero attached hydrogens (tertiary/aromatic N) is 8. The van der Waals surface area contributed by atoms with Crippen molar-refractivity contribution in [1.82, 2.24) is 0 Å². The van der Waals surface area contributed by atoms with Gasteiger partial charge in [0, 0.05) is 11.5 Å². The van der Waals surface area contributed by atoms with Crippen molar-refractivity contribution in [3.8, 4) is 23.0 Å². The molecule has 8 aromatic carbocycles. The fourth-order valence-electron chi connectivity index (χ4n) is 7.88. The van der Waals surface area contributed by atoms with E-state index >= 15 is 0 Å². The van der Waals surface area contributed by atoms with E-state index in [1.54, 1.807) is 0 Å². The summed E-state index contributed by atoms with van der Waals surface area (Å²) in [5, 5.41) is 63.5. The van der Waals surface area contributed by atoms with E-state index in [1.807, 2.05) is 0 Å². The Labute approximate surface area is 669 Å². The molecule has 440 valence electrons. The standard InChI is InChI=1S/C43H31N9O25S7.7Na/c1-77-21-7-10-26(29(16-21)79(59,60)61)47-52-38-33(83(71,72)73)17-24-23(41(38)54)9-11-27(43(24)84(74,75)76)48-49-36-30(80(62,63)64)14-19-15-32(82(68,69)70)39(42(55)34(19)35(36)44)50-45-20-6-8-22-18(12-20)13-31(81(65,66)67)37(40(22)53)51-46-25-4-2-3-5-28(25)78(56,57)58;;;;;;;/h2-17,53-55H,44H2,1H3,(H,56,57,58)(H,59,60,61)(H,62,63,64)(H,65,66,67)(H,68,69,70)(H,71,72,73)(H,74,75,76);;;;;;;/q;7*+1/p-2. The maximum Gasteiger partial charge on any atom is 1.00 e. The molecule has 0 spiro atoms. The normalized spacial score (nSPS) is 12.4. The summed E-state index contributed by atoms with van der Waals surface area (Å²) in [6, 6.07) is 13.1. The molecule has 0 atom stereocenters. The largest absolute Gasteiger partial charge is 1.00 e. The molecule has 0 bridgehead atoms. The number of hydrogen-bond donors (Lipinski definition) is 9. The summed E-state index contributed by atoms with van der Waals surface area (Å²) < 4.78 is 251. The molecule has 0 aliphatic carbocycles. The molecule has 0 heterocycles. The summed E-state index contributed by atoms with van der Waals surface area (Å²) >= 11 is 0. The van der Waals surface area contributed by atoms with Crippen LogP contribution in [0.2, 0.25) is 0 Å². The molecule has 48 heteroatoms. The van der Waals surface area contributed by atoms with Crippen LogP contribution >= 0.6 is 0 Å². The van der Waals surface area contributed by atoms with Crippen LogP contribution in [0.4, 0.5) is 51.2 Å². The molecule has 0 saturated carbocycles. The zero-order chi connectivity index (χ0) is 62.2. The molecule has 91 heavy (non-hydrogen) atoms. The van der Waals surface area contributed by atoms with Gasteiger partial charge >= 0.3 is 207 Å². The Morgan fingerprint density at radius 3 is 1.30 bits per heavy atom. The van der Waals surface area contributed by atoms with Crippen LogP contribution in [0.25, 0.3) is 32.3 Å². The number of methoxy groups -OCH3 is 1. The maximum atomic E-state index is 13.9. The fourth-order valence-corrected chi connectivity index (χ4v) is 12.6. The third-order valence-corrected chi connectivity index (χ3v) is 17.7. The minimum Gasteiger partial charge on any atom is -0.871 e. The molecule has 8 aromatic rings. The number of phenolic OH excluding ortho intramolecular Hbond substituents is 1. The number of nitrogen functional groups attached to an aromatic ring is 1. The predicted octanol–water partition coefficient (Wildman–Crippen LogP) is -14.0. The molecule has 0 unspecified atom stereocenters. The zero-order valence-corrected chi connectivity index (χ0v) is 67.5. The second-order valence-corrected chi connectivity index (χ2v) is 26.5. The SMILES string of the molecule is COc1ccc(N=Nc2c(S(=O)(=O)O)cc3c(S(=O)(=O)O)c(N=Nc4c(S(=O)(=O)O)cc5cc(S(=O)(=O)O)c(N=Nc6ccc7c([O-])c(N=Nc8ccccc8S(=O)(=O)O)c(S(=O)(=O)O)cc7c6)c(O)c5c4N)ccc3c2[O-])c(S(=O)(=O)O)c1.[Na+].[Na+].[Na+].[Na+].[Na+].[Na+].[Na+]. The smallest absolute Gasteiger partial charge is 0.871 e. The summed E-state index contributed by atoms with van der Waals surface area (Å²) in [5.41, 5.74) is -2.44. The molecular formula is C43H29N9Na7O25S7+5. The maximum absolute atomic E-state index is 13.9. The number of fused-ring (bicyclic) bond motifs is 3. The van der Waals surface area contributed by atoms with Crippen LogP contribution in [0.1, 0.15) is 0 Å². The molecule has 0 aliphatic rings. The molecule has 0 aliphatic heterocycles. The molecule has 10 N–H and O–H groups in total. The van der Waals surface area contributed by atoms with Crippen molar-refractivity contribution in [2.45, 2.75) is 34.3 Å². The average molecular weight is 1460 g/mol. The monoisotopic (exact) mass is 1460 g/mol. The Morgan fingerprint density at radius 2 is 0.791 bits per heavy atom. The number of nitrogens with two attached hydrogens (primary N) is 1. The van der Waals surface area contributed by atoms with Gasteiger partial charge in [-0.2, -0.15) is 64.0 Å². The Bertz CT molecular complexity index is 5240. The van der Waals surface area contributed by atoms with Crippen LogP contribution in [0.15, 0.2) is 172 Å². The van der Waals surface area contributed by atoms with Crippen molar-refractivity contribution >= 4 is 154 Å². The third kappa shape index (κ3) is 19.4. The van der Waals surface area contributed by atoms with Gasteiger partial charge in [-0.05, 0) is 88.3 Å². The first-order valence-corrected chi connectivity index (χ1v) is 31.8. The minimum absolute atomic E-state index is 0. The van der Waals surface area contributed by atoms with Crippen LogP contribution in [0.3, 0.4) is 0 Å². The number of aromatic hydroxyl groups is 1. The molecule has 34 nitrogen and oxygen atoms in total. The van der Waals surface area contributed by atoms with Gasteiger partial charge in [0.15, 0.2) is 5.75 Å². The van der Waals surface area contributed by atoms with Crippen LogP contribution in [0.5, 0.6) is 23.0 Å². The Kier molecular flexibility index (Phi) is 31.5. The van der Waals surface area contributed by atoms with E-state index in [1.165, 1.54) is 12.1 Å². The molecular weight excluding hydrogens is 1430 g/mol. The van der Waals surface area contributed by atoms with E-state index in [-0.39, 0.29) is 229 Å². The molecule has 0 fully saturated rings. The van der Waals surface area contributed by atoms with Crippen molar-refractivity contribution in [3.63, 3.8) is 0 Å². The van der Waals surface area contributed by atoms with Gasteiger partial charge in [0.2, 0.25) is 0 Å². The van der Waals surface area contributed by atoms with E-state index in [0.717, 1.165) is 55.6 Å². The first-order valence-electron chi connectivity index (χ1n) is 21.7. The first-order chi connectivity index (χ1) is 38.7. The number of ether oxygens (including phenoxy) is 1. The third-order valence-electron chi connectivity index (χ3n) is 11.5. The number of azo groups is 4. The predicted molar refractivity (Wildman–Crippen MR) is 282 cm³/mol. The second-order valence-electron chi connectivity index (χ2n) is 16.8. The van der Waals surface area contributed by atoms with Crippen LogP contribution in [-0.2, 0) is 70.8 Å². The van der Waals surface area contributed by atoms with Gasteiger partial charge in [-0.25, -0.2) is 0 Å². The van der Waals surface area contributed by atoms with Crippen molar-refractivity contribution < 1.29 is 318 Å². The van der Waals surface area contributed by atoms with Gasteiger partial charge in [-0.1, -0.05) is 35.8 Å². The molecule has 0 radical (unpaired) electrons. The molecule has 8 rings (SSSR count). The number of rotatable bonds is 16. The van der Waals surface area contributed by atoms with E-state index in [0.29, 0.717) is 30.3 Å². The summed E-state index contributed by atoms with van der Waals surface area (Å²) in [4.78, 5) is -8.76. The fraction of sp³-hybridized carbons (Fsp3) is 0.0233. The molecule has 0 amide bonds. The van der Waals surface area contributed by atoms with E-state index in [9.17, 15) is 106 Å². The summed E-state index contributed by atoms with van der Waals surface area (Å²) in [7, 11) is -37.0. The van der Waals surface area contributed by atoms with Gasteiger partial charge in [0.05, 0.1) is 35.2 Å². The number of anilines is 1. The molecule has 0 aromatic heterocycles. The Hall–Kier alpha value is -1.69. The molecule has 0 saturated heterocycles. The second kappa shape index (κ2) is 32.8. The first kappa shape index (κ1) is 87.3. The Morgan fingerprint density at radius 1 is 0.385 bits per heavy atom. The van der Waals surface area contributed by atoms with E-state index in [2.05, 4.69) is 40.9 Å². The van der Waals surface area contributed by atoms with Gasteiger partial charge in [-0.3, -0.25) is 31.9 Å². The quantitative estimate of drug-likeness (QED) is 0.0188. The number of hydrogen-bond acceptors (Lipinski definition) is 27. The van der Waals surface area contributed by atoms with Gasteiger partial charge in [-0.15, -0.1) is 35.8 Å². The van der Waals surface area contributed by atoms with Gasteiger partial charge < -0.3 is 25.8 Å². The van der Waals surface area contributed by atoms with Crippen molar-refractivity contribution in [3.05, 3.63) is 97.1 Å². The topological polar surface area (TPSA) is 581 Å². The average Bonchev–Trinajstić information content (AvgIpc) is 0.870. The van der Waals surface area contributed by atoms with E-state index < -0.39 is 195 Å². The van der Waals surface area contributed by atoms with Crippen LogP contribution in [0, 0.1) is 0 Å². The Balaban J connectivity index is 0.00000591. The van der Waals surface area contributed by atoms with Crippen molar-refractivity contribution in [2.75, 3.05) is 12.8 Å². The van der Waals surface area contributed by atoms with E-state index in [4.69, 9.17) is 10.5 Å². The summed E-state index contributed by atoms with van der Waals surface area (Å²) in [6.45, 7) is 0. The van der Waals surface area contributed by atoms with Crippen molar-refractivity contribution in [2.24, 2.45) is 40.9 Å². The van der Waals surface area contributed by atoms with Crippen LogP contribution < -0.4 is 228 Å². The van der Waals surface area contributed by atoms with Crippen LogP contribution in [-0.4, -0.2) is 103 Å². The zero-order valence-electron chi connectivity index (χ0n) is 47.8. The minimum atomic E-state index is -5.78. The van der Waals surface area contributed by atoms with Crippen molar-refractivity contribution in [1.29, 1.82) is 0 Å². The summed E-state index contributed by atoms with van der Waals surface area (Å²) in [5.74, 6) is -4.35.